The van der Waals surface area contributed by atoms with E-state index in [9.17, 15) is 5.11 Å². The molecular formula is C16H22N4O. The van der Waals surface area contributed by atoms with Gasteiger partial charge in [0.15, 0.2) is 0 Å². The zero-order valence-corrected chi connectivity index (χ0v) is 12.4. The molecule has 1 fully saturated rings. The van der Waals surface area contributed by atoms with E-state index in [0.29, 0.717) is 18.2 Å². The van der Waals surface area contributed by atoms with Crippen LogP contribution in [0.2, 0.25) is 0 Å². The second-order valence-electron chi connectivity index (χ2n) is 5.88. The second kappa shape index (κ2) is 6.35. The summed E-state index contributed by atoms with van der Waals surface area (Å²) in [6, 6.07) is 2.53. The first-order chi connectivity index (χ1) is 10.2. The number of aromatic nitrogens is 4. The Morgan fingerprint density at radius 3 is 2.76 bits per heavy atom. The van der Waals surface area contributed by atoms with Gasteiger partial charge < -0.3 is 5.11 Å². The van der Waals surface area contributed by atoms with Crippen LogP contribution >= 0.6 is 0 Å². The molecule has 1 atom stereocenters. The summed E-state index contributed by atoms with van der Waals surface area (Å²) in [6.07, 6.45) is 11.6. The number of hydrogen-bond acceptors (Lipinski definition) is 4. The Kier molecular flexibility index (Phi) is 4.29. The van der Waals surface area contributed by atoms with Gasteiger partial charge in [-0.2, -0.15) is 5.10 Å². The summed E-state index contributed by atoms with van der Waals surface area (Å²) < 4.78 is 2.07. The Bertz CT molecular complexity index is 572. The van der Waals surface area contributed by atoms with E-state index in [1.807, 2.05) is 19.2 Å². The number of hydrogen-bond donors (Lipinski definition) is 1. The molecule has 0 aromatic carbocycles. The van der Waals surface area contributed by atoms with Gasteiger partial charge in [-0.1, -0.05) is 19.3 Å². The third-order valence-corrected chi connectivity index (χ3v) is 4.16. The lowest BCUT2D eigenvalue weighted by molar-refractivity contribution is 0.171. The lowest BCUT2D eigenvalue weighted by Crippen LogP contribution is -2.14. The molecule has 112 valence electrons. The highest BCUT2D eigenvalue weighted by Gasteiger charge is 2.17. The van der Waals surface area contributed by atoms with Crippen molar-refractivity contribution in [3.63, 3.8) is 0 Å². The van der Waals surface area contributed by atoms with Crippen LogP contribution in [0.3, 0.4) is 0 Å². The first-order valence-corrected chi connectivity index (χ1v) is 7.73. The van der Waals surface area contributed by atoms with Crippen LogP contribution in [-0.4, -0.2) is 24.9 Å². The van der Waals surface area contributed by atoms with Crippen molar-refractivity contribution in [1.82, 2.24) is 19.7 Å². The van der Waals surface area contributed by atoms with Gasteiger partial charge in [0.1, 0.15) is 6.10 Å². The Hall–Kier alpha value is -1.75. The zero-order valence-electron chi connectivity index (χ0n) is 12.4. The molecule has 2 aromatic rings. The molecule has 21 heavy (non-hydrogen) atoms. The summed E-state index contributed by atoms with van der Waals surface area (Å²) in [5, 5.41) is 14.9. The van der Waals surface area contributed by atoms with Gasteiger partial charge >= 0.3 is 0 Å². The van der Waals surface area contributed by atoms with Crippen molar-refractivity contribution in [2.75, 3.05) is 0 Å². The van der Waals surface area contributed by atoms with Crippen LogP contribution in [0.25, 0.3) is 0 Å². The Morgan fingerprint density at radius 2 is 2.05 bits per heavy atom. The van der Waals surface area contributed by atoms with Gasteiger partial charge in [0.05, 0.1) is 29.3 Å². The van der Waals surface area contributed by atoms with E-state index < -0.39 is 6.10 Å². The third kappa shape index (κ3) is 3.47. The van der Waals surface area contributed by atoms with E-state index in [0.717, 1.165) is 11.4 Å². The van der Waals surface area contributed by atoms with Crippen molar-refractivity contribution in [1.29, 1.82) is 0 Å². The Labute approximate surface area is 125 Å². The molecule has 5 nitrogen and oxygen atoms in total. The van der Waals surface area contributed by atoms with Gasteiger partial charge in [0.2, 0.25) is 0 Å². The Morgan fingerprint density at radius 1 is 1.24 bits per heavy atom. The maximum absolute atomic E-state index is 10.2. The normalized spacial score (nSPS) is 17.8. The molecule has 0 amide bonds. The summed E-state index contributed by atoms with van der Waals surface area (Å²) >= 11 is 0. The summed E-state index contributed by atoms with van der Waals surface area (Å²) in [6.45, 7) is 1.88. The van der Waals surface area contributed by atoms with Crippen molar-refractivity contribution in [2.24, 2.45) is 0 Å². The van der Waals surface area contributed by atoms with Gasteiger partial charge in [0, 0.05) is 18.8 Å². The molecule has 0 saturated heterocycles. The van der Waals surface area contributed by atoms with Crippen molar-refractivity contribution in [2.45, 2.75) is 57.6 Å². The van der Waals surface area contributed by atoms with Crippen LogP contribution in [0.1, 0.15) is 61.3 Å². The van der Waals surface area contributed by atoms with E-state index in [-0.39, 0.29) is 0 Å². The highest BCUT2D eigenvalue weighted by atomic mass is 16.3. The average molecular weight is 286 g/mol. The molecule has 0 radical (unpaired) electrons. The summed E-state index contributed by atoms with van der Waals surface area (Å²) in [7, 11) is 0. The number of aliphatic hydroxyl groups is 1. The van der Waals surface area contributed by atoms with Crippen molar-refractivity contribution >= 4 is 0 Å². The van der Waals surface area contributed by atoms with E-state index in [1.54, 1.807) is 12.4 Å². The van der Waals surface area contributed by atoms with Crippen LogP contribution < -0.4 is 0 Å². The fourth-order valence-corrected chi connectivity index (χ4v) is 2.91. The molecule has 2 aromatic heterocycles. The summed E-state index contributed by atoms with van der Waals surface area (Å²) in [5.41, 5.74) is 2.37. The van der Waals surface area contributed by atoms with Crippen LogP contribution in [-0.2, 0) is 6.42 Å². The van der Waals surface area contributed by atoms with Gasteiger partial charge in [-0.25, -0.2) is 0 Å². The van der Waals surface area contributed by atoms with Crippen LogP contribution in [0.4, 0.5) is 0 Å². The standard InChI is InChI=1S/C16H22N4O/c1-12-10-18-15(11-17-12)16(21)9-13-7-8-20(19-13)14-5-3-2-4-6-14/h7-8,10-11,14,16,21H,2-6,9H2,1H3. The topological polar surface area (TPSA) is 63.8 Å². The maximum atomic E-state index is 10.2. The Balaban J connectivity index is 1.64. The molecule has 1 unspecified atom stereocenters. The molecule has 1 aliphatic carbocycles. The van der Waals surface area contributed by atoms with Gasteiger partial charge in [-0.3, -0.25) is 14.6 Å². The maximum Gasteiger partial charge on any atom is 0.103 e. The number of aliphatic hydroxyl groups excluding tert-OH is 1. The van der Waals surface area contributed by atoms with Crippen molar-refractivity contribution in [3.8, 4) is 0 Å². The molecule has 2 heterocycles. The van der Waals surface area contributed by atoms with Gasteiger partial charge in [-0.05, 0) is 25.8 Å². The second-order valence-corrected chi connectivity index (χ2v) is 5.88. The molecular weight excluding hydrogens is 264 g/mol. The highest BCUT2D eigenvalue weighted by molar-refractivity contribution is 5.09. The number of aryl methyl sites for hydroxylation is 1. The molecule has 5 heteroatoms. The molecule has 0 aliphatic heterocycles. The van der Waals surface area contributed by atoms with E-state index in [4.69, 9.17) is 0 Å². The zero-order chi connectivity index (χ0) is 14.7. The number of rotatable bonds is 4. The number of nitrogens with zero attached hydrogens (tertiary/aromatic N) is 4. The van der Waals surface area contributed by atoms with Gasteiger partial charge in [0.25, 0.3) is 0 Å². The minimum atomic E-state index is -0.646. The van der Waals surface area contributed by atoms with Crippen LogP contribution in [0.15, 0.2) is 24.7 Å². The van der Waals surface area contributed by atoms with E-state index in [2.05, 4.69) is 19.7 Å². The van der Waals surface area contributed by atoms with E-state index >= 15 is 0 Å². The van der Waals surface area contributed by atoms with E-state index in [1.165, 1.54) is 32.1 Å². The smallest absolute Gasteiger partial charge is 0.103 e. The summed E-state index contributed by atoms with van der Waals surface area (Å²) in [4.78, 5) is 8.40. The third-order valence-electron chi connectivity index (χ3n) is 4.16. The quantitative estimate of drug-likeness (QED) is 0.938. The summed E-state index contributed by atoms with van der Waals surface area (Å²) in [5.74, 6) is 0. The van der Waals surface area contributed by atoms with Crippen molar-refractivity contribution in [3.05, 3.63) is 41.7 Å². The average Bonchev–Trinajstić information content (AvgIpc) is 2.97. The first kappa shape index (κ1) is 14.2. The molecule has 0 spiro atoms. The fourth-order valence-electron chi connectivity index (χ4n) is 2.91. The van der Waals surface area contributed by atoms with Crippen LogP contribution in [0, 0.1) is 6.92 Å². The minimum Gasteiger partial charge on any atom is -0.386 e. The highest BCUT2D eigenvalue weighted by Crippen LogP contribution is 2.27. The lowest BCUT2D eigenvalue weighted by atomic mass is 9.96. The molecule has 1 N–H and O–H groups in total. The largest absolute Gasteiger partial charge is 0.386 e. The lowest BCUT2D eigenvalue weighted by Gasteiger charge is -2.21. The predicted molar refractivity (Wildman–Crippen MR) is 79.8 cm³/mol. The van der Waals surface area contributed by atoms with Crippen molar-refractivity contribution < 1.29 is 5.11 Å². The molecule has 0 bridgehead atoms. The van der Waals surface area contributed by atoms with Crippen LogP contribution in [0.5, 0.6) is 0 Å². The SMILES string of the molecule is Cc1cnc(C(O)Cc2ccn(C3CCCCC3)n2)cn1. The van der Waals surface area contributed by atoms with Gasteiger partial charge in [-0.15, -0.1) is 0 Å². The molecule has 3 rings (SSSR count). The molecule has 1 aliphatic rings. The molecule has 1 saturated carbocycles. The predicted octanol–water partition coefficient (Wildman–Crippen LogP) is 2.76. The minimum absolute atomic E-state index is 0.484. The first-order valence-electron chi connectivity index (χ1n) is 7.73. The fraction of sp³-hybridized carbons (Fsp3) is 0.562. The monoisotopic (exact) mass is 286 g/mol.